The lowest BCUT2D eigenvalue weighted by Gasteiger charge is -2.07. The van der Waals surface area contributed by atoms with Crippen LogP contribution < -0.4 is 5.32 Å². The van der Waals surface area contributed by atoms with Gasteiger partial charge < -0.3 is 5.32 Å². The lowest BCUT2D eigenvalue weighted by atomic mass is 10.0. The van der Waals surface area contributed by atoms with Crippen LogP contribution in [0.25, 0.3) is 0 Å². The van der Waals surface area contributed by atoms with E-state index in [0.29, 0.717) is 12.8 Å². The van der Waals surface area contributed by atoms with Gasteiger partial charge in [-0.3, -0.25) is 0 Å². The van der Waals surface area contributed by atoms with E-state index in [1.165, 1.54) is 5.56 Å². The van der Waals surface area contributed by atoms with Crippen molar-refractivity contribution < 1.29 is 4.39 Å². The van der Waals surface area contributed by atoms with E-state index in [0.717, 1.165) is 17.8 Å². The van der Waals surface area contributed by atoms with Gasteiger partial charge in [0.25, 0.3) is 0 Å². The summed E-state index contributed by atoms with van der Waals surface area (Å²) in [5.74, 6) is 0. The molecule has 1 heterocycles. The molecule has 0 saturated carbocycles. The summed E-state index contributed by atoms with van der Waals surface area (Å²) < 4.78 is 13.2. The molecule has 1 aromatic carbocycles. The Morgan fingerprint density at radius 3 is 3.15 bits per heavy atom. The van der Waals surface area contributed by atoms with Gasteiger partial charge in [-0.05, 0) is 25.0 Å². The molecular weight excluding hydrogens is 165 g/mol. The fourth-order valence-electron chi connectivity index (χ4n) is 1.77. The van der Waals surface area contributed by atoms with E-state index in [1.807, 2.05) is 13.0 Å². The molecule has 1 N–H and O–H groups in total. The summed E-state index contributed by atoms with van der Waals surface area (Å²) in [5, 5.41) is 3.24. The maximum atomic E-state index is 13.2. The molecule has 70 valence electrons. The second-order valence-electron chi connectivity index (χ2n) is 3.68. The number of halogens is 1. The van der Waals surface area contributed by atoms with Crippen molar-refractivity contribution in [2.75, 3.05) is 11.9 Å². The van der Waals surface area contributed by atoms with Crippen LogP contribution in [0.15, 0.2) is 18.2 Å². The summed E-state index contributed by atoms with van der Waals surface area (Å²) in [6, 6.07) is 6.17. The Morgan fingerprint density at radius 2 is 2.31 bits per heavy atom. The number of nitrogens with one attached hydrogen (secondary N) is 1. The number of anilines is 1. The number of hydrogen-bond acceptors (Lipinski definition) is 1. The van der Waals surface area contributed by atoms with Gasteiger partial charge in [0.1, 0.15) is 6.17 Å². The Labute approximate surface area is 78.0 Å². The summed E-state index contributed by atoms with van der Waals surface area (Å²) in [7, 11) is 0. The maximum absolute atomic E-state index is 13.2. The number of alkyl halides is 1. The quantitative estimate of drug-likeness (QED) is 0.645. The van der Waals surface area contributed by atoms with Crippen molar-refractivity contribution in [2.45, 2.75) is 25.9 Å². The molecule has 1 aromatic rings. The summed E-state index contributed by atoms with van der Waals surface area (Å²) in [4.78, 5) is 0. The second-order valence-corrected chi connectivity index (χ2v) is 3.68. The smallest absolute Gasteiger partial charge is 0.106 e. The van der Waals surface area contributed by atoms with E-state index in [2.05, 4.69) is 17.4 Å². The summed E-state index contributed by atoms with van der Waals surface area (Å²) in [6.07, 6.45) is 0.494. The number of hydrogen-bond donors (Lipinski definition) is 1. The van der Waals surface area contributed by atoms with Crippen LogP contribution in [0.3, 0.4) is 0 Å². The Hall–Kier alpha value is -1.05. The minimum atomic E-state index is -0.685. The molecule has 1 nitrogen and oxygen atoms in total. The Morgan fingerprint density at radius 1 is 1.46 bits per heavy atom. The molecule has 0 saturated heterocycles. The molecule has 2 rings (SSSR count). The highest BCUT2D eigenvalue weighted by molar-refractivity contribution is 5.53. The van der Waals surface area contributed by atoms with Crippen LogP contribution in [0.4, 0.5) is 10.1 Å². The average Bonchev–Trinajstić information content (AvgIpc) is 2.25. The van der Waals surface area contributed by atoms with Gasteiger partial charge in [-0.1, -0.05) is 17.7 Å². The van der Waals surface area contributed by atoms with Gasteiger partial charge in [0.05, 0.1) is 0 Å². The van der Waals surface area contributed by atoms with Gasteiger partial charge in [-0.2, -0.15) is 0 Å². The van der Waals surface area contributed by atoms with Gasteiger partial charge >= 0.3 is 0 Å². The Bertz CT molecular complexity index is 309. The number of aryl methyl sites for hydroxylation is 1. The molecule has 1 aliphatic rings. The van der Waals surface area contributed by atoms with E-state index in [-0.39, 0.29) is 0 Å². The first-order valence-electron chi connectivity index (χ1n) is 4.73. The van der Waals surface area contributed by atoms with Gasteiger partial charge in [-0.25, -0.2) is 4.39 Å². The van der Waals surface area contributed by atoms with Gasteiger partial charge in [0, 0.05) is 18.7 Å². The van der Waals surface area contributed by atoms with Gasteiger partial charge in [0.15, 0.2) is 0 Å². The third kappa shape index (κ3) is 1.82. The molecular formula is C11H14FN. The fourth-order valence-corrected chi connectivity index (χ4v) is 1.77. The molecule has 1 unspecified atom stereocenters. The number of benzene rings is 1. The lowest BCUT2D eigenvalue weighted by molar-refractivity contribution is 0.323. The Balaban J connectivity index is 2.35. The molecule has 0 radical (unpaired) electrons. The summed E-state index contributed by atoms with van der Waals surface area (Å²) in [5.41, 5.74) is 3.42. The first-order chi connectivity index (χ1) is 6.25. The monoisotopic (exact) mass is 179 g/mol. The van der Waals surface area contributed by atoms with Crippen molar-refractivity contribution >= 4 is 5.69 Å². The van der Waals surface area contributed by atoms with Crippen molar-refractivity contribution in [1.29, 1.82) is 0 Å². The van der Waals surface area contributed by atoms with E-state index in [1.54, 1.807) is 0 Å². The zero-order valence-corrected chi connectivity index (χ0v) is 7.81. The first kappa shape index (κ1) is 8.54. The average molecular weight is 179 g/mol. The highest BCUT2D eigenvalue weighted by Crippen LogP contribution is 2.23. The minimum Gasteiger partial charge on any atom is -0.385 e. The van der Waals surface area contributed by atoms with E-state index >= 15 is 0 Å². The van der Waals surface area contributed by atoms with Crippen LogP contribution in [-0.2, 0) is 6.42 Å². The molecule has 0 aromatic heterocycles. The predicted octanol–water partition coefficient (Wildman–Crippen LogP) is 2.69. The van der Waals surface area contributed by atoms with Gasteiger partial charge in [0.2, 0.25) is 0 Å². The third-order valence-corrected chi connectivity index (χ3v) is 2.48. The SMILES string of the molecule is Cc1ccc2c(c1)CC(F)CCN2. The summed E-state index contributed by atoms with van der Waals surface area (Å²) >= 11 is 0. The molecule has 0 bridgehead atoms. The number of rotatable bonds is 0. The van der Waals surface area contributed by atoms with Crippen LogP contribution in [-0.4, -0.2) is 12.7 Å². The lowest BCUT2D eigenvalue weighted by Crippen LogP contribution is -2.05. The topological polar surface area (TPSA) is 12.0 Å². The van der Waals surface area contributed by atoms with Gasteiger partial charge in [-0.15, -0.1) is 0 Å². The summed E-state index contributed by atoms with van der Waals surface area (Å²) in [6.45, 7) is 2.79. The number of fused-ring (bicyclic) bond motifs is 1. The fraction of sp³-hybridized carbons (Fsp3) is 0.455. The molecule has 1 atom stereocenters. The largest absolute Gasteiger partial charge is 0.385 e. The normalized spacial score (nSPS) is 21.5. The van der Waals surface area contributed by atoms with Crippen molar-refractivity contribution in [3.63, 3.8) is 0 Å². The molecule has 13 heavy (non-hydrogen) atoms. The third-order valence-electron chi connectivity index (χ3n) is 2.48. The molecule has 0 amide bonds. The first-order valence-corrected chi connectivity index (χ1v) is 4.73. The predicted molar refractivity (Wildman–Crippen MR) is 52.9 cm³/mol. The minimum absolute atomic E-state index is 0.560. The van der Waals surface area contributed by atoms with Crippen molar-refractivity contribution in [3.05, 3.63) is 29.3 Å². The van der Waals surface area contributed by atoms with Crippen LogP contribution in [0.5, 0.6) is 0 Å². The van der Waals surface area contributed by atoms with E-state index in [4.69, 9.17) is 0 Å². The molecule has 0 aliphatic carbocycles. The molecule has 0 fully saturated rings. The molecule has 2 heteroatoms. The van der Waals surface area contributed by atoms with Crippen LogP contribution >= 0.6 is 0 Å². The van der Waals surface area contributed by atoms with Crippen LogP contribution in [0, 0.1) is 6.92 Å². The highest BCUT2D eigenvalue weighted by Gasteiger charge is 2.14. The van der Waals surface area contributed by atoms with E-state index < -0.39 is 6.17 Å². The van der Waals surface area contributed by atoms with Crippen LogP contribution in [0.2, 0.25) is 0 Å². The Kier molecular flexibility index (Phi) is 2.21. The second kappa shape index (κ2) is 3.36. The highest BCUT2D eigenvalue weighted by atomic mass is 19.1. The molecule has 0 spiro atoms. The zero-order chi connectivity index (χ0) is 9.26. The zero-order valence-electron chi connectivity index (χ0n) is 7.81. The van der Waals surface area contributed by atoms with Crippen molar-refractivity contribution in [3.8, 4) is 0 Å². The van der Waals surface area contributed by atoms with Crippen LogP contribution in [0.1, 0.15) is 17.5 Å². The van der Waals surface area contributed by atoms with Crippen molar-refractivity contribution in [1.82, 2.24) is 0 Å². The van der Waals surface area contributed by atoms with E-state index in [9.17, 15) is 4.39 Å². The standard InChI is InChI=1S/C11H14FN/c1-8-2-3-11-9(6-8)7-10(12)4-5-13-11/h2-3,6,10,13H,4-5,7H2,1H3. The van der Waals surface area contributed by atoms with Crippen molar-refractivity contribution in [2.24, 2.45) is 0 Å². The molecule has 1 aliphatic heterocycles. The maximum Gasteiger partial charge on any atom is 0.106 e.